The topological polar surface area (TPSA) is 79.3 Å². The van der Waals surface area contributed by atoms with E-state index in [0.717, 1.165) is 30.9 Å². The number of hydrogen-bond donors (Lipinski definition) is 2. The SMILES string of the molecule is CC(=O)N1CCCn2nc(CNC(=O)NCCc3ccccc3F)cc2C1. The summed E-state index contributed by atoms with van der Waals surface area (Å²) in [4.78, 5) is 25.3. The van der Waals surface area contributed by atoms with E-state index in [4.69, 9.17) is 0 Å². The van der Waals surface area contributed by atoms with Crippen LogP contribution in [0.4, 0.5) is 9.18 Å². The van der Waals surface area contributed by atoms with E-state index in [1.54, 1.807) is 30.0 Å². The van der Waals surface area contributed by atoms with Crippen LogP contribution < -0.4 is 10.6 Å². The van der Waals surface area contributed by atoms with Gasteiger partial charge in [-0.15, -0.1) is 0 Å². The van der Waals surface area contributed by atoms with E-state index in [-0.39, 0.29) is 17.8 Å². The lowest BCUT2D eigenvalue weighted by Crippen LogP contribution is -2.36. The highest BCUT2D eigenvalue weighted by atomic mass is 19.1. The number of hydrogen-bond acceptors (Lipinski definition) is 3. The summed E-state index contributed by atoms with van der Waals surface area (Å²) >= 11 is 0. The van der Waals surface area contributed by atoms with Gasteiger partial charge in [-0.05, 0) is 30.5 Å². The van der Waals surface area contributed by atoms with Crippen LogP contribution in [0.2, 0.25) is 0 Å². The molecule has 2 heterocycles. The third-order valence-corrected chi connectivity index (χ3v) is 4.58. The summed E-state index contributed by atoms with van der Waals surface area (Å²) in [5.41, 5.74) is 2.30. The number of nitrogens with zero attached hydrogens (tertiary/aromatic N) is 3. The maximum absolute atomic E-state index is 13.5. The third kappa shape index (κ3) is 5.06. The summed E-state index contributed by atoms with van der Waals surface area (Å²) in [6, 6.07) is 8.12. The van der Waals surface area contributed by atoms with Gasteiger partial charge in [-0.3, -0.25) is 9.48 Å². The summed E-state index contributed by atoms with van der Waals surface area (Å²) in [5.74, 6) is -0.211. The fourth-order valence-corrected chi connectivity index (χ4v) is 3.12. The molecule has 144 valence electrons. The van der Waals surface area contributed by atoms with Crippen LogP contribution in [-0.4, -0.2) is 39.7 Å². The van der Waals surface area contributed by atoms with E-state index in [9.17, 15) is 14.0 Å². The lowest BCUT2D eigenvalue weighted by molar-refractivity contribution is -0.129. The maximum Gasteiger partial charge on any atom is 0.315 e. The second-order valence-corrected chi connectivity index (χ2v) is 6.60. The third-order valence-electron chi connectivity index (χ3n) is 4.58. The number of amides is 3. The Bertz CT molecular complexity index is 820. The molecule has 1 aliphatic heterocycles. The summed E-state index contributed by atoms with van der Waals surface area (Å²) in [5, 5.41) is 9.98. The van der Waals surface area contributed by atoms with Gasteiger partial charge in [0, 0.05) is 26.6 Å². The summed E-state index contributed by atoms with van der Waals surface area (Å²) in [7, 11) is 0. The van der Waals surface area contributed by atoms with Gasteiger partial charge < -0.3 is 15.5 Å². The zero-order chi connectivity index (χ0) is 19.2. The van der Waals surface area contributed by atoms with Crippen molar-refractivity contribution in [3.05, 3.63) is 53.1 Å². The van der Waals surface area contributed by atoms with E-state index in [0.29, 0.717) is 31.6 Å². The number of aryl methyl sites for hydroxylation is 1. The lowest BCUT2D eigenvalue weighted by Gasteiger charge is -2.17. The Morgan fingerprint density at radius 1 is 1.22 bits per heavy atom. The van der Waals surface area contributed by atoms with Crippen molar-refractivity contribution >= 4 is 11.9 Å². The van der Waals surface area contributed by atoms with Gasteiger partial charge in [0.15, 0.2) is 0 Å². The highest BCUT2D eigenvalue weighted by Crippen LogP contribution is 2.14. The highest BCUT2D eigenvalue weighted by Gasteiger charge is 2.18. The van der Waals surface area contributed by atoms with Crippen LogP contribution in [0.25, 0.3) is 0 Å². The number of carbonyl (C=O) groups is 2. The second kappa shape index (κ2) is 8.66. The first-order valence-electron chi connectivity index (χ1n) is 9.09. The first-order valence-corrected chi connectivity index (χ1v) is 9.09. The Morgan fingerprint density at radius 2 is 2.04 bits per heavy atom. The minimum Gasteiger partial charge on any atom is -0.338 e. The molecule has 0 unspecified atom stereocenters. The van der Waals surface area contributed by atoms with Gasteiger partial charge in [-0.25, -0.2) is 9.18 Å². The Labute approximate surface area is 157 Å². The summed E-state index contributed by atoms with van der Waals surface area (Å²) in [6.07, 6.45) is 1.29. The smallest absolute Gasteiger partial charge is 0.315 e. The first-order chi connectivity index (χ1) is 13.0. The van der Waals surface area contributed by atoms with Crippen LogP contribution in [0, 0.1) is 5.82 Å². The highest BCUT2D eigenvalue weighted by molar-refractivity contribution is 5.74. The lowest BCUT2D eigenvalue weighted by atomic mass is 10.1. The molecular weight excluding hydrogens is 349 g/mol. The second-order valence-electron chi connectivity index (χ2n) is 6.60. The van der Waals surface area contributed by atoms with E-state index in [1.807, 2.05) is 10.7 Å². The van der Waals surface area contributed by atoms with Crippen LogP contribution in [0.1, 0.15) is 30.3 Å². The maximum atomic E-state index is 13.5. The molecule has 1 aromatic carbocycles. The van der Waals surface area contributed by atoms with Gasteiger partial charge in [0.05, 0.1) is 24.5 Å². The first kappa shape index (κ1) is 18.9. The van der Waals surface area contributed by atoms with Gasteiger partial charge in [0.1, 0.15) is 5.82 Å². The fraction of sp³-hybridized carbons (Fsp3) is 0.421. The zero-order valence-corrected chi connectivity index (χ0v) is 15.4. The van der Waals surface area contributed by atoms with Crippen LogP contribution >= 0.6 is 0 Å². The Balaban J connectivity index is 1.46. The van der Waals surface area contributed by atoms with Gasteiger partial charge in [-0.2, -0.15) is 5.10 Å². The Kier molecular flexibility index (Phi) is 6.05. The molecule has 0 saturated heterocycles. The van der Waals surface area contributed by atoms with Crippen molar-refractivity contribution in [3.8, 4) is 0 Å². The van der Waals surface area contributed by atoms with Gasteiger partial charge in [-0.1, -0.05) is 18.2 Å². The standard InChI is InChI=1S/C19H24FN5O2/c1-14(26)24-9-4-10-25-17(13-24)11-16(23-25)12-22-19(27)21-8-7-15-5-2-3-6-18(15)20/h2-3,5-6,11H,4,7-10,12-13H2,1H3,(H2,21,22,27). The summed E-state index contributed by atoms with van der Waals surface area (Å²) < 4.78 is 15.4. The number of carbonyl (C=O) groups excluding carboxylic acids is 2. The average Bonchev–Trinajstić information content (AvgIpc) is 2.91. The number of halogens is 1. The molecule has 3 amide bonds. The molecule has 0 fully saturated rings. The number of urea groups is 1. The van der Waals surface area contributed by atoms with Gasteiger partial charge in [0.2, 0.25) is 5.91 Å². The predicted octanol–water partition coefficient (Wildman–Crippen LogP) is 1.82. The molecule has 0 saturated carbocycles. The number of benzene rings is 1. The van der Waals surface area contributed by atoms with E-state index in [2.05, 4.69) is 15.7 Å². The number of fused-ring (bicyclic) bond motifs is 1. The molecule has 8 heteroatoms. The molecule has 3 rings (SSSR count). The predicted molar refractivity (Wildman–Crippen MR) is 98.3 cm³/mol. The van der Waals surface area contributed by atoms with Crippen molar-refractivity contribution in [2.75, 3.05) is 13.1 Å². The molecule has 7 nitrogen and oxygen atoms in total. The molecule has 0 bridgehead atoms. The molecule has 0 spiro atoms. The van der Waals surface area contributed by atoms with E-state index in [1.165, 1.54) is 6.07 Å². The normalized spacial score (nSPS) is 13.6. The molecule has 2 aromatic rings. The van der Waals surface area contributed by atoms with Crippen molar-refractivity contribution in [1.29, 1.82) is 0 Å². The van der Waals surface area contributed by atoms with Crippen LogP contribution in [-0.2, 0) is 30.8 Å². The summed E-state index contributed by atoms with van der Waals surface area (Å²) in [6.45, 7) is 4.24. The largest absolute Gasteiger partial charge is 0.338 e. The minimum absolute atomic E-state index is 0.0542. The monoisotopic (exact) mass is 373 g/mol. The molecule has 0 atom stereocenters. The Hall–Kier alpha value is -2.90. The number of nitrogens with one attached hydrogen (secondary N) is 2. The number of aromatic nitrogens is 2. The average molecular weight is 373 g/mol. The number of rotatable bonds is 5. The molecule has 0 radical (unpaired) electrons. The quantitative estimate of drug-likeness (QED) is 0.839. The van der Waals surface area contributed by atoms with Crippen molar-refractivity contribution < 1.29 is 14.0 Å². The molecule has 0 aliphatic carbocycles. The fourth-order valence-electron chi connectivity index (χ4n) is 3.12. The molecule has 1 aliphatic rings. The molecule has 1 aromatic heterocycles. The van der Waals surface area contributed by atoms with Gasteiger partial charge in [0.25, 0.3) is 0 Å². The van der Waals surface area contributed by atoms with Crippen molar-refractivity contribution in [2.45, 2.75) is 39.4 Å². The molecular formula is C19H24FN5O2. The van der Waals surface area contributed by atoms with Crippen LogP contribution in [0.3, 0.4) is 0 Å². The van der Waals surface area contributed by atoms with Crippen molar-refractivity contribution in [1.82, 2.24) is 25.3 Å². The van der Waals surface area contributed by atoms with Crippen molar-refractivity contribution in [2.24, 2.45) is 0 Å². The minimum atomic E-state index is -0.320. The molecule has 2 N–H and O–H groups in total. The van der Waals surface area contributed by atoms with E-state index >= 15 is 0 Å². The van der Waals surface area contributed by atoms with Gasteiger partial charge >= 0.3 is 6.03 Å². The zero-order valence-electron chi connectivity index (χ0n) is 15.4. The van der Waals surface area contributed by atoms with Crippen LogP contribution in [0.15, 0.2) is 30.3 Å². The molecule has 27 heavy (non-hydrogen) atoms. The Morgan fingerprint density at radius 3 is 2.81 bits per heavy atom. The van der Waals surface area contributed by atoms with Crippen molar-refractivity contribution in [3.63, 3.8) is 0 Å². The van der Waals surface area contributed by atoms with Crippen LogP contribution in [0.5, 0.6) is 0 Å². The van der Waals surface area contributed by atoms with E-state index < -0.39 is 0 Å².